The number of carbonyl (C=O) groups is 1. The number of benzene rings is 2. The number of carbonyl (C=O) groups excluding carboxylic acids is 1. The molecule has 2 aromatic heterocycles. The van der Waals surface area contributed by atoms with E-state index in [0.717, 1.165) is 27.8 Å². The third-order valence-electron chi connectivity index (χ3n) is 4.70. The van der Waals surface area contributed by atoms with E-state index in [9.17, 15) is 4.79 Å². The number of hydrogen-bond donors (Lipinski definition) is 3. The first-order valence-corrected chi connectivity index (χ1v) is 9.61. The number of nitrogens with zero attached hydrogens (tertiary/aromatic N) is 3. The fraction of sp³-hybridized carbons (Fsp3) is 0.182. The van der Waals surface area contributed by atoms with E-state index in [1.807, 2.05) is 56.3 Å². The average Bonchev–Trinajstić information content (AvgIpc) is 3.17. The minimum absolute atomic E-state index is 0.346. The van der Waals surface area contributed by atoms with Gasteiger partial charge in [-0.3, -0.25) is 5.10 Å². The second-order valence-corrected chi connectivity index (χ2v) is 6.82. The highest BCUT2D eigenvalue weighted by molar-refractivity contribution is 5.93. The number of aromatic nitrogens is 4. The van der Waals surface area contributed by atoms with E-state index in [1.165, 1.54) is 7.11 Å². The first-order chi connectivity index (χ1) is 14.6. The van der Waals surface area contributed by atoms with Crippen LogP contribution in [-0.2, 0) is 11.2 Å². The second-order valence-electron chi connectivity index (χ2n) is 6.82. The molecule has 3 N–H and O–H groups in total. The van der Waals surface area contributed by atoms with Crippen molar-refractivity contribution in [3.05, 3.63) is 65.4 Å². The largest absolute Gasteiger partial charge is 0.465 e. The summed E-state index contributed by atoms with van der Waals surface area (Å²) < 4.78 is 4.86. The Balaban J connectivity index is 1.70. The van der Waals surface area contributed by atoms with Gasteiger partial charge in [-0.1, -0.05) is 19.1 Å². The molecule has 0 fully saturated rings. The van der Waals surface area contributed by atoms with Crippen LogP contribution >= 0.6 is 0 Å². The number of para-hydroxylation sites is 1. The molecule has 8 nitrogen and oxygen atoms in total. The lowest BCUT2D eigenvalue weighted by atomic mass is 10.0. The summed E-state index contributed by atoms with van der Waals surface area (Å²) in [5.41, 5.74) is 3.98. The maximum absolute atomic E-state index is 11.9. The molecule has 2 heterocycles. The minimum Gasteiger partial charge on any atom is -0.465 e. The lowest BCUT2D eigenvalue weighted by Gasteiger charge is -2.12. The fourth-order valence-corrected chi connectivity index (χ4v) is 3.23. The van der Waals surface area contributed by atoms with Crippen molar-refractivity contribution in [1.82, 2.24) is 20.2 Å². The van der Waals surface area contributed by atoms with E-state index in [2.05, 4.69) is 30.8 Å². The van der Waals surface area contributed by atoms with E-state index >= 15 is 0 Å². The van der Waals surface area contributed by atoms with Gasteiger partial charge in [-0.2, -0.15) is 10.1 Å². The molecule has 0 aliphatic rings. The third kappa shape index (κ3) is 3.93. The quantitative estimate of drug-likeness (QED) is 0.408. The molecule has 0 spiro atoms. The van der Waals surface area contributed by atoms with Gasteiger partial charge in [0.15, 0.2) is 5.82 Å². The zero-order valence-electron chi connectivity index (χ0n) is 17.0. The molecule has 0 bridgehead atoms. The molecule has 2 aromatic carbocycles. The number of H-pyrrole nitrogens is 1. The van der Waals surface area contributed by atoms with Gasteiger partial charge in [-0.25, -0.2) is 9.78 Å². The van der Waals surface area contributed by atoms with Gasteiger partial charge in [0.1, 0.15) is 5.82 Å². The van der Waals surface area contributed by atoms with Gasteiger partial charge < -0.3 is 15.4 Å². The van der Waals surface area contributed by atoms with E-state index in [-0.39, 0.29) is 5.97 Å². The predicted octanol–water partition coefficient (Wildman–Crippen LogP) is 4.50. The Kier molecular flexibility index (Phi) is 5.30. The Morgan fingerprint density at radius 2 is 1.93 bits per heavy atom. The molecule has 4 rings (SSSR count). The van der Waals surface area contributed by atoms with Crippen LogP contribution < -0.4 is 10.6 Å². The topological polar surface area (TPSA) is 105 Å². The van der Waals surface area contributed by atoms with Crippen molar-refractivity contribution in [2.45, 2.75) is 20.3 Å². The Morgan fingerprint density at radius 3 is 2.67 bits per heavy atom. The molecule has 0 saturated heterocycles. The fourth-order valence-electron chi connectivity index (χ4n) is 3.23. The third-order valence-corrected chi connectivity index (χ3v) is 4.70. The number of esters is 1. The molecular formula is C22H22N6O2. The minimum atomic E-state index is -0.346. The van der Waals surface area contributed by atoms with Gasteiger partial charge in [0.05, 0.1) is 18.2 Å². The van der Waals surface area contributed by atoms with Crippen LogP contribution in [0.25, 0.3) is 10.9 Å². The smallest absolute Gasteiger partial charge is 0.338 e. The number of fused-ring (bicyclic) bond motifs is 1. The lowest BCUT2D eigenvalue weighted by molar-refractivity contribution is 0.0599. The van der Waals surface area contributed by atoms with E-state index in [4.69, 9.17) is 4.74 Å². The summed E-state index contributed by atoms with van der Waals surface area (Å²) in [5, 5.41) is 14.5. The van der Waals surface area contributed by atoms with Crippen molar-refractivity contribution in [3.63, 3.8) is 0 Å². The van der Waals surface area contributed by atoms with Crippen LogP contribution in [-0.4, -0.2) is 33.2 Å². The van der Waals surface area contributed by atoms with Crippen molar-refractivity contribution in [3.8, 4) is 0 Å². The van der Waals surface area contributed by atoms with Gasteiger partial charge in [-0.05, 0) is 49.2 Å². The SMILES string of the molecule is CCc1cc(Nc2nc(Nc3cc(C)[nH]n3)c3ccccc3n2)ccc1C(=O)OC. The van der Waals surface area contributed by atoms with Crippen LogP contribution in [0.5, 0.6) is 0 Å². The summed E-state index contributed by atoms with van der Waals surface area (Å²) >= 11 is 0. The van der Waals surface area contributed by atoms with Gasteiger partial charge in [-0.15, -0.1) is 0 Å². The van der Waals surface area contributed by atoms with Crippen LogP contribution in [0.4, 0.5) is 23.3 Å². The number of rotatable bonds is 6. The Morgan fingerprint density at radius 1 is 1.10 bits per heavy atom. The van der Waals surface area contributed by atoms with Crippen LogP contribution in [0.2, 0.25) is 0 Å². The molecule has 30 heavy (non-hydrogen) atoms. The number of aromatic amines is 1. The molecule has 0 unspecified atom stereocenters. The molecular weight excluding hydrogens is 380 g/mol. The van der Waals surface area contributed by atoms with Crippen LogP contribution in [0, 0.1) is 6.92 Å². The number of anilines is 4. The van der Waals surface area contributed by atoms with Crippen molar-refractivity contribution < 1.29 is 9.53 Å². The number of hydrogen-bond acceptors (Lipinski definition) is 7. The van der Waals surface area contributed by atoms with E-state index in [0.29, 0.717) is 29.6 Å². The second kappa shape index (κ2) is 8.20. The van der Waals surface area contributed by atoms with Crippen molar-refractivity contribution in [2.75, 3.05) is 17.7 Å². The van der Waals surface area contributed by atoms with E-state index in [1.54, 1.807) is 6.07 Å². The Bertz CT molecular complexity index is 1220. The number of methoxy groups -OCH3 is 1. The summed E-state index contributed by atoms with van der Waals surface area (Å²) in [7, 11) is 1.38. The molecule has 0 amide bonds. The van der Waals surface area contributed by atoms with E-state index < -0.39 is 0 Å². The Hall–Kier alpha value is -3.94. The summed E-state index contributed by atoms with van der Waals surface area (Å²) in [6.45, 7) is 3.93. The number of nitrogens with one attached hydrogen (secondary N) is 3. The molecule has 4 aromatic rings. The number of ether oxygens (including phenoxy) is 1. The molecule has 0 radical (unpaired) electrons. The first-order valence-electron chi connectivity index (χ1n) is 9.61. The normalized spacial score (nSPS) is 10.8. The van der Waals surface area contributed by atoms with Gasteiger partial charge in [0, 0.05) is 22.8 Å². The average molecular weight is 402 g/mol. The Labute approximate surface area is 173 Å². The standard InChI is InChI=1S/C22H22N6O2/c1-4-14-12-15(9-10-16(14)21(29)30-3)23-22-24-18-8-6-5-7-17(18)20(26-22)25-19-11-13(2)27-28-19/h5-12H,4H2,1-3H3,(H3,23,24,25,26,27,28). The van der Waals surface area contributed by atoms with Crippen molar-refractivity contribution in [2.24, 2.45) is 0 Å². The summed E-state index contributed by atoms with van der Waals surface area (Å²) in [6.07, 6.45) is 0.698. The maximum Gasteiger partial charge on any atom is 0.338 e. The molecule has 8 heteroatoms. The highest BCUT2D eigenvalue weighted by atomic mass is 16.5. The zero-order chi connectivity index (χ0) is 21.1. The van der Waals surface area contributed by atoms with Crippen molar-refractivity contribution >= 4 is 40.1 Å². The molecule has 0 aliphatic carbocycles. The predicted molar refractivity (Wildman–Crippen MR) is 117 cm³/mol. The monoisotopic (exact) mass is 402 g/mol. The summed E-state index contributed by atoms with van der Waals surface area (Å²) in [6, 6.07) is 15.1. The highest BCUT2D eigenvalue weighted by Gasteiger charge is 2.13. The molecule has 0 atom stereocenters. The van der Waals surface area contributed by atoms with Crippen molar-refractivity contribution in [1.29, 1.82) is 0 Å². The first kappa shape index (κ1) is 19.4. The van der Waals surface area contributed by atoms with Gasteiger partial charge in [0.25, 0.3) is 0 Å². The summed E-state index contributed by atoms with van der Waals surface area (Å²) in [5.74, 6) is 1.42. The van der Waals surface area contributed by atoms with Crippen LogP contribution in [0.3, 0.4) is 0 Å². The molecule has 0 aliphatic heterocycles. The van der Waals surface area contributed by atoms with Crippen LogP contribution in [0.15, 0.2) is 48.5 Å². The number of aryl methyl sites for hydroxylation is 2. The lowest BCUT2D eigenvalue weighted by Crippen LogP contribution is -2.07. The van der Waals surface area contributed by atoms with Crippen LogP contribution in [0.1, 0.15) is 28.5 Å². The maximum atomic E-state index is 11.9. The zero-order valence-corrected chi connectivity index (χ0v) is 17.0. The highest BCUT2D eigenvalue weighted by Crippen LogP contribution is 2.27. The summed E-state index contributed by atoms with van der Waals surface area (Å²) in [4.78, 5) is 21.2. The molecule has 0 saturated carbocycles. The molecule has 152 valence electrons. The van der Waals surface area contributed by atoms with Gasteiger partial charge in [0.2, 0.25) is 5.95 Å². The van der Waals surface area contributed by atoms with Gasteiger partial charge >= 0.3 is 5.97 Å².